The third-order valence-electron chi connectivity index (χ3n) is 1.89. The van der Waals surface area contributed by atoms with E-state index in [9.17, 15) is 0 Å². The Labute approximate surface area is 98.0 Å². The van der Waals surface area contributed by atoms with Crippen molar-refractivity contribution in [3.63, 3.8) is 0 Å². The number of nitrogens with zero attached hydrogens (tertiary/aromatic N) is 2. The smallest absolute Gasteiger partial charge is 0.168 e. The fourth-order valence-electron chi connectivity index (χ4n) is 1.19. The van der Waals surface area contributed by atoms with Crippen LogP contribution in [0.3, 0.4) is 0 Å². The SMILES string of the molecule is Nc1ccnc(COc2cccc(Cl)c2)n1. The third kappa shape index (κ3) is 2.84. The summed E-state index contributed by atoms with van der Waals surface area (Å²) in [6, 6.07) is 8.78. The van der Waals surface area contributed by atoms with Crippen molar-refractivity contribution >= 4 is 17.4 Å². The molecule has 0 amide bonds. The summed E-state index contributed by atoms with van der Waals surface area (Å²) in [5.74, 6) is 1.65. The van der Waals surface area contributed by atoms with Gasteiger partial charge in [0.15, 0.2) is 5.82 Å². The lowest BCUT2D eigenvalue weighted by Crippen LogP contribution is -2.03. The topological polar surface area (TPSA) is 61.0 Å². The largest absolute Gasteiger partial charge is 0.486 e. The molecule has 4 nitrogen and oxygen atoms in total. The summed E-state index contributed by atoms with van der Waals surface area (Å²) in [6.07, 6.45) is 1.60. The van der Waals surface area contributed by atoms with Crippen molar-refractivity contribution in [2.24, 2.45) is 0 Å². The van der Waals surface area contributed by atoms with E-state index in [1.54, 1.807) is 24.4 Å². The van der Waals surface area contributed by atoms with Crippen LogP contribution in [0.1, 0.15) is 5.82 Å². The second kappa shape index (κ2) is 4.81. The molecular weight excluding hydrogens is 226 g/mol. The van der Waals surface area contributed by atoms with Gasteiger partial charge in [-0.15, -0.1) is 0 Å². The Balaban J connectivity index is 2.02. The molecule has 0 saturated carbocycles. The van der Waals surface area contributed by atoms with Crippen LogP contribution in [0.15, 0.2) is 36.5 Å². The van der Waals surface area contributed by atoms with Gasteiger partial charge in [0.25, 0.3) is 0 Å². The molecule has 0 aliphatic carbocycles. The van der Waals surface area contributed by atoms with Crippen LogP contribution >= 0.6 is 11.6 Å². The molecule has 0 aliphatic rings. The van der Waals surface area contributed by atoms with Gasteiger partial charge >= 0.3 is 0 Å². The number of benzene rings is 1. The second-order valence-corrected chi connectivity index (χ2v) is 3.58. The molecule has 0 unspecified atom stereocenters. The van der Waals surface area contributed by atoms with Crippen molar-refractivity contribution in [3.8, 4) is 5.75 Å². The number of halogens is 1. The first-order valence-electron chi connectivity index (χ1n) is 4.70. The van der Waals surface area contributed by atoms with E-state index in [4.69, 9.17) is 22.1 Å². The summed E-state index contributed by atoms with van der Waals surface area (Å²) in [5, 5.41) is 0.631. The van der Waals surface area contributed by atoms with Crippen LogP contribution in [0.4, 0.5) is 5.82 Å². The average Bonchev–Trinajstić information content (AvgIpc) is 2.27. The Morgan fingerprint density at radius 3 is 2.94 bits per heavy atom. The van der Waals surface area contributed by atoms with E-state index in [-0.39, 0.29) is 6.61 Å². The number of rotatable bonds is 3. The lowest BCUT2D eigenvalue weighted by molar-refractivity contribution is 0.296. The molecule has 2 rings (SSSR count). The van der Waals surface area contributed by atoms with E-state index < -0.39 is 0 Å². The monoisotopic (exact) mass is 235 g/mol. The highest BCUT2D eigenvalue weighted by Crippen LogP contribution is 2.17. The van der Waals surface area contributed by atoms with Crippen LogP contribution in [0, 0.1) is 0 Å². The van der Waals surface area contributed by atoms with Gasteiger partial charge in [-0.1, -0.05) is 17.7 Å². The van der Waals surface area contributed by atoms with Crippen molar-refractivity contribution in [3.05, 3.63) is 47.4 Å². The van der Waals surface area contributed by atoms with E-state index in [0.717, 1.165) is 0 Å². The van der Waals surface area contributed by atoms with Gasteiger partial charge in [0.05, 0.1) is 0 Å². The minimum atomic E-state index is 0.269. The highest BCUT2D eigenvalue weighted by molar-refractivity contribution is 6.30. The van der Waals surface area contributed by atoms with Crippen LogP contribution in [-0.2, 0) is 6.61 Å². The molecule has 0 atom stereocenters. The van der Waals surface area contributed by atoms with Crippen LogP contribution in [0.2, 0.25) is 5.02 Å². The number of aromatic nitrogens is 2. The number of nitrogen functional groups attached to an aromatic ring is 1. The summed E-state index contributed by atoms with van der Waals surface area (Å²) < 4.78 is 5.46. The molecule has 2 N–H and O–H groups in total. The van der Waals surface area contributed by atoms with Crippen molar-refractivity contribution in [1.82, 2.24) is 9.97 Å². The highest BCUT2D eigenvalue weighted by Gasteiger charge is 1.99. The van der Waals surface area contributed by atoms with Gasteiger partial charge in [0.1, 0.15) is 18.2 Å². The molecule has 0 spiro atoms. The molecule has 16 heavy (non-hydrogen) atoms. The summed E-state index contributed by atoms with van der Waals surface area (Å²) in [4.78, 5) is 8.05. The molecule has 5 heteroatoms. The third-order valence-corrected chi connectivity index (χ3v) is 2.13. The molecule has 0 fully saturated rings. The summed E-state index contributed by atoms with van der Waals surface area (Å²) in [6.45, 7) is 0.269. The molecule has 0 saturated heterocycles. The molecule has 0 aliphatic heterocycles. The fraction of sp³-hybridized carbons (Fsp3) is 0.0909. The number of anilines is 1. The Kier molecular flexibility index (Phi) is 3.22. The fourth-order valence-corrected chi connectivity index (χ4v) is 1.37. The maximum Gasteiger partial charge on any atom is 0.168 e. The van der Waals surface area contributed by atoms with E-state index in [1.165, 1.54) is 0 Å². The standard InChI is InChI=1S/C11H10ClN3O/c12-8-2-1-3-9(6-8)16-7-11-14-5-4-10(13)15-11/h1-6H,7H2,(H2,13,14,15). The molecular formula is C11H10ClN3O. The van der Waals surface area contributed by atoms with E-state index in [1.807, 2.05) is 12.1 Å². The number of nitrogens with two attached hydrogens (primary N) is 1. The molecule has 0 bridgehead atoms. The van der Waals surface area contributed by atoms with Crippen molar-refractivity contribution in [2.45, 2.75) is 6.61 Å². The molecule has 0 radical (unpaired) electrons. The minimum Gasteiger partial charge on any atom is -0.486 e. The van der Waals surface area contributed by atoms with E-state index >= 15 is 0 Å². The van der Waals surface area contributed by atoms with Crippen LogP contribution in [0.5, 0.6) is 5.75 Å². The normalized spacial score (nSPS) is 10.1. The maximum atomic E-state index is 5.82. The minimum absolute atomic E-state index is 0.269. The quantitative estimate of drug-likeness (QED) is 0.887. The first kappa shape index (κ1) is 10.7. The zero-order valence-corrected chi connectivity index (χ0v) is 9.19. The van der Waals surface area contributed by atoms with Gasteiger partial charge in [-0.2, -0.15) is 0 Å². The van der Waals surface area contributed by atoms with Gasteiger partial charge in [-0.3, -0.25) is 0 Å². The van der Waals surface area contributed by atoms with Crippen LogP contribution in [0.25, 0.3) is 0 Å². The maximum absolute atomic E-state index is 5.82. The van der Waals surface area contributed by atoms with E-state index in [0.29, 0.717) is 22.4 Å². The summed E-state index contributed by atoms with van der Waals surface area (Å²) in [5.41, 5.74) is 5.52. The molecule has 1 heterocycles. The van der Waals surface area contributed by atoms with Gasteiger partial charge in [-0.25, -0.2) is 9.97 Å². The van der Waals surface area contributed by atoms with Crippen molar-refractivity contribution < 1.29 is 4.74 Å². The Hall–Kier alpha value is -1.81. The van der Waals surface area contributed by atoms with E-state index in [2.05, 4.69) is 9.97 Å². The Morgan fingerprint density at radius 1 is 1.31 bits per heavy atom. The first-order valence-corrected chi connectivity index (χ1v) is 5.07. The molecule has 1 aromatic carbocycles. The first-order chi connectivity index (χ1) is 7.74. The average molecular weight is 236 g/mol. The van der Waals surface area contributed by atoms with Crippen LogP contribution in [-0.4, -0.2) is 9.97 Å². The Bertz CT molecular complexity index is 445. The number of hydrogen-bond donors (Lipinski definition) is 1. The Morgan fingerprint density at radius 2 is 2.19 bits per heavy atom. The zero-order chi connectivity index (χ0) is 11.4. The molecule has 82 valence electrons. The number of ether oxygens (including phenoxy) is 1. The summed E-state index contributed by atoms with van der Waals surface area (Å²) >= 11 is 5.82. The van der Waals surface area contributed by atoms with Crippen LogP contribution < -0.4 is 10.5 Å². The second-order valence-electron chi connectivity index (χ2n) is 3.14. The molecule has 2 aromatic rings. The summed E-state index contributed by atoms with van der Waals surface area (Å²) in [7, 11) is 0. The number of hydrogen-bond acceptors (Lipinski definition) is 4. The zero-order valence-electron chi connectivity index (χ0n) is 8.43. The molecule has 1 aromatic heterocycles. The van der Waals surface area contributed by atoms with Gasteiger partial charge in [-0.05, 0) is 24.3 Å². The lowest BCUT2D eigenvalue weighted by Gasteiger charge is -2.05. The predicted octanol–water partition coefficient (Wildman–Crippen LogP) is 2.29. The lowest BCUT2D eigenvalue weighted by atomic mass is 10.3. The van der Waals surface area contributed by atoms with Gasteiger partial charge in [0.2, 0.25) is 0 Å². The van der Waals surface area contributed by atoms with Crippen molar-refractivity contribution in [1.29, 1.82) is 0 Å². The predicted molar refractivity (Wildman–Crippen MR) is 62.2 cm³/mol. The highest BCUT2D eigenvalue weighted by atomic mass is 35.5. The van der Waals surface area contributed by atoms with Crippen molar-refractivity contribution in [2.75, 3.05) is 5.73 Å². The van der Waals surface area contributed by atoms with Gasteiger partial charge < -0.3 is 10.5 Å². The van der Waals surface area contributed by atoms with Gasteiger partial charge in [0, 0.05) is 11.2 Å².